The van der Waals surface area contributed by atoms with Crippen LogP contribution in [0.1, 0.15) is 32.1 Å². The van der Waals surface area contributed by atoms with Gasteiger partial charge in [0.15, 0.2) is 0 Å². The van der Waals surface area contributed by atoms with Crippen molar-refractivity contribution in [3.05, 3.63) is 0 Å². The zero-order valence-corrected chi connectivity index (χ0v) is 11.0. The minimum Gasteiger partial charge on any atom is -0.376 e. The van der Waals surface area contributed by atoms with Crippen LogP contribution in [0.15, 0.2) is 0 Å². The van der Waals surface area contributed by atoms with Gasteiger partial charge in [-0.1, -0.05) is 0 Å². The number of amides is 1. The third-order valence-corrected chi connectivity index (χ3v) is 3.52. The molecular weight excluding hydrogens is 232 g/mol. The molecule has 2 aliphatic rings. The van der Waals surface area contributed by atoms with Crippen LogP contribution in [0, 0.1) is 0 Å². The monoisotopic (exact) mass is 256 g/mol. The van der Waals surface area contributed by atoms with E-state index in [0.717, 1.165) is 45.4 Å². The first-order chi connectivity index (χ1) is 8.84. The maximum Gasteiger partial charge on any atom is 0.246 e. The van der Waals surface area contributed by atoms with E-state index in [4.69, 9.17) is 9.47 Å². The molecule has 5 heteroatoms. The number of piperidine rings is 1. The van der Waals surface area contributed by atoms with Crippen LogP contribution in [0.4, 0.5) is 0 Å². The van der Waals surface area contributed by atoms with E-state index in [2.05, 4.69) is 10.6 Å². The van der Waals surface area contributed by atoms with Gasteiger partial charge in [-0.15, -0.1) is 0 Å². The van der Waals surface area contributed by atoms with Gasteiger partial charge in [0.2, 0.25) is 5.91 Å². The van der Waals surface area contributed by atoms with Gasteiger partial charge in [-0.3, -0.25) is 4.79 Å². The summed E-state index contributed by atoms with van der Waals surface area (Å²) >= 11 is 0. The molecule has 2 N–H and O–H groups in total. The molecule has 0 saturated carbocycles. The van der Waals surface area contributed by atoms with Crippen LogP contribution in [0.3, 0.4) is 0 Å². The summed E-state index contributed by atoms with van der Waals surface area (Å²) in [6.07, 6.45) is 5.61. The third-order valence-electron chi connectivity index (χ3n) is 3.52. The average Bonchev–Trinajstić information content (AvgIpc) is 2.41. The second kappa shape index (κ2) is 7.71. The highest BCUT2D eigenvalue weighted by atomic mass is 16.5. The molecular formula is C13H24N2O3. The smallest absolute Gasteiger partial charge is 0.246 e. The molecule has 0 aromatic heterocycles. The molecule has 1 atom stereocenters. The molecule has 0 aliphatic carbocycles. The van der Waals surface area contributed by atoms with Crippen LogP contribution in [-0.4, -0.2) is 51.0 Å². The standard InChI is InChI=1S/C13H24N2O3/c16-13(15-11-4-6-14-7-5-11)10-17-9-12-3-1-2-8-18-12/h11-12,14H,1-10H2,(H,15,16). The van der Waals surface area contributed by atoms with E-state index < -0.39 is 0 Å². The molecule has 5 nitrogen and oxygen atoms in total. The SMILES string of the molecule is O=C(COCC1CCCCO1)NC1CCNCC1. The molecule has 2 fully saturated rings. The minimum atomic E-state index is -0.00212. The number of hydrogen-bond acceptors (Lipinski definition) is 4. The Balaban J connectivity index is 1.53. The molecule has 2 saturated heterocycles. The van der Waals surface area contributed by atoms with Gasteiger partial charge < -0.3 is 20.1 Å². The molecule has 1 amide bonds. The fourth-order valence-electron chi connectivity index (χ4n) is 2.46. The summed E-state index contributed by atoms with van der Waals surface area (Å²) in [6.45, 7) is 3.50. The van der Waals surface area contributed by atoms with Crippen molar-refractivity contribution in [2.75, 3.05) is 32.9 Å². The van der Waals surface area contributed by atoms with Gasteiger partial charge in [0, 0.05) is 12.6 Å². The molecule has 1 unspecified atom stereocenters. The molecule has 0 radical (unpaired) electrons. The molecule has 0 bridgehead atoms. The van der Waals surface area contributed by atoms with Crippen LogP contribution >= 0.6 is 0 Å². The molecule has 0 aromatic carbocycles. The fraction of sp³-hybridized carbons (Fsp3) is 0.923. The van der Waals surface area contributed by atoms with Gasteiger partial charge in [-0.2, -0.15) is 0 Å². The van der Waals surface area contributed by atoms with Crippen molar-refractivity contribution in [2.24, 2.45) is 0 Å². The lowest BCUT2D eigenvalue weighted by Gasteiger charge is -2.24. The topological polar surface area (TPSA) is 59.6 Å². The molecule has 0 aromatic rings. The van der Waals surface area contributed by atoms with Gasteiger partial charge in [0.25, 0.3) is 0 Å². The molecule has 2 rings (SSSR count). The predicted molar refractivity (Wildman–Crippen MR) is 68.4 cm³/mol. The van der Waals surface area contributed by atoms with Crippen molar-refractivity contribution in [1.82, 2.24) is 10.6 Å². The van der Waals surface area contributed by atoms with Crippen LogP contribution < -0.4 is 10.6 Å². The summed E-state index contributed by atoms with van der Waals surface area (Å²) in [5.41, 5.74) is 0. The quantitative estimate of drug-likeness (QED) is 0.749. The van der Waals surface area contributed by atoms with Gasteiger partial charge in [-0.05, 0) is 45.2 Å². The van der Waals surface area contributed by atoms with Crippen LogP contribution in [0.2, 0.25) is 0 Å². The Morgan fingerprint density at radius 2 is 2.11 bits per heavy atom. The molecule has 2 aliphatic heterocycles. The second-order valence-corrected chi connectivity index (χ2v) is 5.10. The van der Waals surface area contributed by atoms with E-state index in [-0.39, 0.29) is 18.6 Å². The van der Waals surface area contributed by atoms with Crippen LogP contribution in [0.25, 0.3) is 0 Å². The predicted octanol–water partition coefficient (Wildman–Crippen LogP) is 0.440. The lowest BCUT2D eigenvalue weighted by atomic mass is 10.1. The van der Waals surface area contributed by atoms with Crippen molar-refractivity contribution in [3.63, 3.8) is 0 Å². The van der Waals surface area contributed by atoms with E-state index >= 15 is 0 Å². The Labute approximate surface area is 109 Å². The number of carbonyl (C=O) groups is 1. The highest BCUT2D eigenvalue weighted by molar-refractivity contribution is 5.77. The van der Waals surface area contributed by atoms with Gasteiger partial charge in [-0.25, -0.2) is 0 Å². The summed E-state index contributed by atoms with van der Waals surface area (Å²) in [6, 6.07) is 0.313. The maximum absolute atomic E-state index is 11.7. The van der Waals surface area contributed by atoms with E-state index in [1.807, 2.05) is 0 Å². The van der Waals surface area contributed by atoms with Crippen molar-refractivity contribution in [1.29, 1.82) is 0 Å². The number of nitrogens with one attached hydrogen (secondary N) is 2. The summed E-state index contributed by atoms with van der Waals surface area (Å²) in [5, 5.41) is 6.29. The van der Waals surface area contributed by atoms with Crippen molar-refractivity contribution in [2.45, 2.75) is 44.2 Å². The van der Waals surface area contributed by atoms with Crippen LogP contribution in [-0.2, 0) is 14.3 Å². The van der Waals surface area contributed by atoms with Crippen LogP contribution in [0.5, 0.6) is 0 Å². The Morgan fingerprint density at radius 3 is 2.83 bits per heavy atom. The van der Waals surface area contributed by atoms with Gasteiger partial charge in [0.1, 0.15) is 6.61 Å². The Morgan fingerprint density at radius 1 is 1.28 bits per heavy atom. The lowest BCUT2D eigenvalue weighted by molar-refractivity contribution is -0.128. The summed E-state index contributed by atoms with van der Waals surface area (Å²) < 4.78 is 11.0. The normalized spacial score (nSPS) is 25.9. The van der Waals surface area contributed by atoms with Crippen molar-refractivity contribution >= 4 is 5.91 Å². The van der Waals surface area contributed by atoms with E-state index in [1.165, 1.54) is 6.42 Å². The number of hydrogen-bond donors (Lipinski definition) is 2. The highest BCUT2D eigenvalue weighted by Gasteiger charge is 2.17. The van der Waals surface area contributed by atoms with E-state index in [9.17, 15) is 4.79 Å². The average molecular weight is 256 g/mol. The zero-order valence-electron chi connectivity index (χ0n) is 11.0. The second-order valence-electron chi connectivity index (χ2n) is 5.10. The molecule has 2 heterocycles. The Kier molecular flexibility index (Phi) is 5.90. The molecule has 18 heavy (non-hydrogen) atoms. The number of rotatable bonds is 5. The summed E-state index contributed by atoms with van der Waals surface area (Å²) in [7, 11) is 0. The van der Waals surface area contributed by atoms with Gasteiger partial charge in [0.05, 0.1) is 12.7 Å². The largest absolute Gasteiger partial charge is 0.376 e. The lowest BCUT2D eigenvalue weighted by Crippen LogP contribution is -2.44. The van der Waals surface area contributed by atoms with Crippen molar-refractivity contribution in [3.8, 4) is 0 Å². The maximum atomic E-state index is 11.7. The van der Waals surface area contributed by atoms with E-state index in [0.29, 0.717) is 12.6 Å². The first-order valence-electron chi connectivity index (χ1n) is 7.04. The fourth-order valence-corrected chi connectivity index (χ4v) is 2.46. The molecule has 0 spiro atoms. The zero-order chi connectivity index (χ0) is 12.6. The van der Waals surface area contributed by atoms with E-state index in [1.54, 1.807) is 0 Å². The third kappa shape index (κ3) is 4.92. The highest BCUT2D eigenvalue weighted by Crippen LogP contribution is 2.12. The summed E-state index contributed by atoms with van der Waals surface area (Å²) in [5.74, 6) is -0.00212. The first-order valence-corrected chi connectivity index (χ1v) is 7.04. The first kappa shape index (κ1) is 13.8. The van der Waals surface area contributed by atoms with Crippen molar-refractivity contribution < 1.29 is 14.3 Å². The Hall–Kier alpha value is -0.650. The minimum absolute atomic E-state index is 0.00212. The van der Waals surface area contributed by atoms with Gasteiger partial charge >= 0.3 is 0 Å². The number of ether oxygens (including phenoxy) is 2. The molecule has 104 valence electrons. The summed E-state index contributed by atoms with van der Waals surface area (Å²) in [4.78, 5) is 11.7. The Bertz CT molecular complexity index is 249. The number of carbonyl (C=O) groups excluding carboxylic acids is 1.